The van der Waals surface area contributed by atoms with Crippen LogP contribution in [0.2, 0.25) is 0 Å². The minimum Gasteiger partial charge on any atom is -0.497 e. The molecule has 1 saturated heterocycles. The van der Waals surface area contributed by atoms with Crippen molar-refractivity contribution in [2.45, 2.75) is 13.3 Å². The summed E-state index contributed by atoms with van der Waals surface area (Å²) in [7, 11) is -2.05. The molecule has 2 aromatic carbocycles. The van der Waals surface area contributed by atoms with Gasteiger partial charge in [-0.05, 0) is 48.4 Å². The van der Waals surface area contributed by atoms with E-state index in [4.69, 9.17) is 4.74 Å². The fraction of sp³-hybridized carbons (Fsp3) is 0.300. The van der Waals surface area contributed by atoms with E-state index >= 15 is 0 Å². The molecule has 148 valence electrons. The number of anilines is 1. The van der Waals surface area contributed by atoms with Gasteiger partial charge in [-0.25, -0.2) is 12.7 Å². The Labute approximate surface area is 164 Å². The largest absolute Gasteiger partial charge is 0.497 e. The van der Waals surface area contributed by atoms with Gasteiger partial charge >= 0.3 is 0 Å². The molecule has 1 heterocycles. The second kappa shape index (κ2) is 8.02. The second-order valence-corrected chi connectivity index (χ2v) is 8.55. The number of nitrogens with zero attached hydrogens (tertiary/aromatic N) is 1. The fourth-order valence-electron chi connectivity index (χ4n) is 3.09. The lowest BCUT2D eigenvalue weighted by molar-refractivity contribution is -0.119. The van der Waals surface area contributed by atoms with Crippen molar-refractivity contribution in [2.75, 3.05) is 23.7 Å². The molecule has 0 spiro atoms. The monoisotopic (exact) mass is 402 g/mol. The van der Waals surface area contributed by atoms with Crippen molar-refractivity contribution in [1.82, 2.24) is 5.32 Å². The first-order valence-corrected chi connectivity index (χ1v) is 10.5. The van der Waals surface area contributed by atoms with Gasteiger partial charge in [0.25, 0.3) is 5.91 Å². The minimum absolute atomic E-state index is 0.196. The predicted molar refractivity (Wildman–Crippen MR) is 106 cm³/mol. The lowest BCUT2D eigenvalue weighted by Gasteiger charge is -2.15. The van der Waals surface area contributed by atoms with E-state index in [1.807, 2.05) is 24.3 Å². The minimum atomic E-state index is -3.65. The van der Waals surface area contributed by atoms with Crippen LogP contribution in [0.1, 0.15) is 22.8 Å². The van der Waals surface area contributed by atoms with Gasteiger partial charge in [0, 0.05) is 12.1 Å². The number of ether oxygens (including phenoxy) is 1. The number of hydrogen-bond donors (Lipinski definition) is 1. The highest BCUT2D eigenvalue weighted by Crippen LogP contribution is 2.28. The van der Waals surface area contributed by atoms with Crippen LogP contribution in [0.3, 0.4) is 0 Å². The predicted octanol–water partition coefficient (Wildman–Crippen LogP) is 1.98. The number of methoxy groups -OCH3 is 1. The van der Waals surface area contributed by atoms with Crippen molar-refractivity contribution in [1.29, 1.82) is 0 Å². The Bertz CT molecular complexity index is 986. The van der Waals surface area contributed by atoms with Crippen molar-refractivity contribution >= 4 is 27.5 Å². The number of rotatable bonds is 6. The molecule has 1 N–H and O–H groups in total. The van der Waals surface area contributed by atoms with Crippen molar-refractivity contribution in [3.63, 3.8) is 0 Å². The molecule has 1 unspecified atom stereocenters. The molecule has 0 aromatic heterocycles. The van der Waals surface area contributed by atoms with Crippen LogP contribution in [0, 0.1) is 5.92 Å². The summed E-state index contributed by atoms with van der Waals surface area (Å²) in [6.07, 6.45) is 0.652. The number of benzene rings is 2. The molecule has 8 heteroatoms. The average Bonchev–Trinajstić information content (AvgIpc) is 2.88. The summed E-state index contributed by atoms with van der Waals surface area (Å²) in [4.78, 5) is 24.4. The van der Waals surface area contributed by atoms with Gasteiger partial charge in [0.1, 0.15) is 5.75 Å². The molecule has 2 amide bonds. The third-order valence-electron chi connectivity index (χ3n) is 4.56. The molecule has 1 aliphatic rings. The standard InChI is InChI=1S/C20H22N2O5S/c1-14-13-28(25,26)22(20(14)24)17-8-6-16(7-9-17)19(23)21-11-10-15-4-3-5-18(12-15)27-2/h3-9,12,14H,10-11,13H2,1-2H3,(H,21,23). The zero-order valence-electron chi connectivity index (χ0n) is 15.7. The van der Waals surface area contributed by atoms with Crippen LogP contribution in [0.5, 0.6) is 5.75 Å². The van der Waals surface area contributed by atoms with Gasteiger partial charge in [-0.3, -0.25) is 9.59 Å². The molecular weight excluding hydrogens is 380 g/mol. The number of carbonyl (C=O) groups excluding carboxylic acids is 2. The Balaban J connectivity index is 1.62. The van der Waals surface area contributed by atoms with E-state index in [1.54, 1.807) is 14.0 Å². The van der Waals surface area contributed by atoms with Gasteiger partial charge in [-0.2, -0.15) is 0 Å². The molecule has 0 radical (unpaired) electrons. The van der Waals surface area contributed by atoms with E-state index in [0.717, 1.165) is 15.6 Å². The van der Waals surface area contributed by atoms with Crippen LogP contribution in [0.4, 0.5) is 5.69 Å². The van der Waals surface area contributed by atoms with Crippen LogP contribution >= 0.6 is 0 Å². The SMILES string of the molecule is COc1cccc(CCNC(=O)c2ccc(N3C(=O)C(C)CS3(=O)=O)cc2)c1. The normalized spacial score (nSPS) is 18.1. The van der Waals surface area contributed by atoms with E-state index in [-0.39, 0.29) is 17.3 Å². The van der Waals surface area contributed by atoms with Gasteiger partial charge in [0.05, 0.1) is 24.5 Å². The molecule has 28 heavy (non-hydrogen) atoms. The molecule has 1 fully saturated rings. The number of sulfonamides is 1. The molecule has 2 aromatic rings. The quantitative estimate of drug-likeness (QED) is 0.798. The summed E-state index contributed by atoms with van der Waals surface area (Å²) in [6, 6.07) is 13.6. The zero-order chi connectivity index (χ0) is 20.3. The summed E-state index contributed by atoms with van der Waals surface area (Å²) in [5.74, 6) is -0.711. The van der Waals surface area contributed by atoms with Crippen LogP contribution in [0.25, 0.3) is 0 Å². The highest BCUT2D eigenvalue weighted by Gasteiger charge is 2.41. The Kier molecular flexibility index (Phi) is 5.69. The smallest absolute Gasteiger partial charge is 0.251 e. The highest BCUT2D eigenvalue weighted by molar-refractivity contribution is 7.94. The van der Waals surface area contributed by atoms with Gasteiger partial charge in [0.15, 0.2) is 0 Å². The third kappa shape index (κ3) is 4.17. The number of nitrogens with one attached hydrogen (secondary N) is 1. The maximum absolute atomic E-state index is 12.3. The van der Waals surface area contributed by atoms with E-state index in [1.165, 1.54) is 24.3 Å². The first-order chi connectivity index (χ1) is 13.3. The van der Waals surface area contributed by atoms with Crippen molar-refractivity contribution in [2.24, 2.45) is 5.92 Å². The number of carbonyl (C=O) groups is 2. The number of amides is 2. The molecule has 7 nitrogen and oxygen atoms in total. The molecule has 3 rings (SSSR count). The van der Waals surface area contributed by atoms with Gasteiger partial charge < -0.3 is 10.1 Å². The van der Waals surface area contributed by atoms with Gasteiger partial charge in [-0.15, -0.1) is 0 Å². The summed E-state index contributed by atoms with van der Waals surface area (Å²) in [5, 5.41) is 2.83. The summed E-state index contributed by atoms with van der Waals surface area (Å²) < 4.78 is 30.3. The Morgan fingerprint density at radius 1 is 1.21 bits per heavy atom. The van der Waals surface area contributed by atoms with Gasteiger partial charge in [0.2, 0.25) is 15.9 Å². The Morgan fingerprint density at radius 2 is 1.93 bits per heavy atom. The van der Waals surface area contributed by atoms with E-state index < -0.39 is 21.8 Å². The molecule has 0 saturated carbocycles. The molecule has 1 atom stereocenters. The summed E-state index contributed by atoms with van der Waals surface area (Å²) >= 11 is 0. The second-order valence-electron chi connectivity index (χ2n) is 6.69. The van der Waals surface area contributed by atoms with Crippen LogP contribution in [-0.4, -0.2) is 39.6 Å². The van der Waals surface area contributed by atoms with Crippen molar-refractivity contribution in [3.8, 4) is 5.75 Å². The third-order valence-corrected chi connectivity index (χ3v) is 6.43. The van der Waals surface area contributed by atoms with E-state index in [9.17, 15) is 18.0 Å². The lowest BCUT2D eigenvalue weighted by atomic mass is 10.1. The molecule has 0 aliphatic carbocycles. The molecule has 1 aliphatic heterocycles. The molecule has 0 bridgehead atoms. The van der Waals surface area contributed by atoms with Crippen LogP contribution in [-0.2, 0) is 21.2 Å². The van der Waals surface area contributed by atoms with Crippen molar-refractivity contribution in [3.05, 3.63) is 59.7 Å². The van der Waals surface area contributed by atoms with Gasteiger partial charge in [-0.1, -0.05) is 19.1 Å². The first-order valence-electron chi connectivity index (χ1n) is 8.90. The maximum atomic E-state index is 12.3. The Hall–Kier alpha value is -2.87. The zero-order valence-corrected chi connectivity index (χ0v) is 16.5. The average molecular weight is 402 g/mol. The van der Waals surface area contributed by atoms with E-state index in [2.05, 4.69) is 5.32 Å². The topological polar surface area (TPSA) is 92.8 Å². The number of hydrogen-bond acceptors (Lipinski definition) is 5. The first kappa shape index (κ1) is 19.9. The van der Waals surface area contributed by atoms with Crippen LogP contribution in [0.15, 0.2) is 48.5 Å². The van der Waals surface area contributed by atoms with Crippen molar-refractivity contribution < 1.29 is 22.7 Å². The van der Waals surface area contributed by atoms with Crippen LogP contribution < -0.4 is 14.4 Å². The Morgan fingerprint density at radius 3 is 2.54 bits per heavy atom. The highest BCUT2D eigenvalue weighted by atomic mass is 32.2. The summed E-state index contributed by atoms with van der Waals surface area (Å²) in [5.41, 5.74) is 1.69. The fourth-order valence-corrected chi connectivity index (χ4v) is 4.91. The maximum Gasteiger partial charge on any atom is 0.251 e. The summed E-state index contributed by atoms with van der Waals surface area (Å²) in [6.45, 7) is 2.04. The lowest BCUT2D eigenvalue weighted by Crippen LogP contribution is -2.30. The molecular formula is C20H22N2O5S. The van der Waals surface area contributed by atoms with E-state index in [0.29, 0.717) is 18.5 Å².